The lowest BCUT2D eigenvalue weighted by molar-refractivity contribution is 0.171. The SMILES string of the molecule is CCN(CC)C(N)=NCC(C)(C)c1ccc2c(c1)OCCO2. The maximum Gasteiger partial charge on any atom is 0.191 e. The molecule has 1 aromatic rings. The molecule has 122 valence electrons. The van der Waals surface area contributed by atoms with Gasteiger partial charge in [0.1, 0.15) is 13.2 Å². The minimum absolute atomic E-state index is 0.117. The van der Waals surface area contributed by atoms with Crippen LogP contribution in [-0.4, -0.2) is 43.7 Å². The van der Waals surface area contributed by atoms with Crippen LogP contribution in [0.15, 0.2) is 23.2 Å². The molecule has 22 heavy (non-hydrogen) atoms. The molecule has 0 aromatic heterocycles. The summed E-state index contributed by atoms with van der Waals surface area (Å²) in [4.78, 5) is 6.63. The third-order valence-electron chi connectivity index (χ3n) is 4.05. The van der Waals surface area contributed by atoms with Gasteiger partial charge in [-0.05, 0) is 31.5 Å². The second kappa shape index (κ2) is 6.90. The highest BCUT2D eigenvalue weighted by atomic mass is 16.6. The minimum Gasteiger partial charge on any atom is -0.486 e. The molecule has 1 aliphatic heterocycles. The topological polar surface area (TPSA) is 60.1 Å². The predicted molar refractivity (Wildman–Crippen MR) is 89.9 cm³/mol. The van der Waals surface area contributed by atoms with E-state index in [4.69, 9.17) is 15.2 Å². The number of aliphatic imine (C=N–C) groups is 1. The molecule has 5 heteroatoms. The lowest BCUT2D eigenvalue weighted by Gasteiger charge is -2.27. The van der Waals surface area contributed by atoms with Crippen LogP contribution in [0.4, 0.5) is 0 Å². The van der Waals surface area contributed by atoms with Crippen LogP contribution in [-0.2, 0) is 5.41 Å². The molecule has 1 aliphatic rings. The number of fused-ring (bicyclic) bond motifs is 1. The van der Waals surface area contributed by atoms with Crippen LogP contribution >= 0.6 is 0 Å². The summed E-state index contributed by atoms with van der Waals surface area (Å²) in [6, 6.07) is 6.11. The monoisotopic (exact) mass is 305 g/mol. The molecule has 1 heterocycles. The number of hydrogen-bond acceptors (Lipinski definition) is 3. The van der Waals surface area contributed by atoms with Crippen molar-refractivity contribution in [3.63, 3.8) is 0 Å². The number of guanidine groups is 1. The van der Waals surface area contributed by atoms with Gasteiger partial charge in [0.15, 0.2) is 17.5 Å². The highest BCUT2D eigenvalue weighted by Crippen LogP contribution is 2.35. The molecule has 0 amide bonds. The van der Waals surface area contributed by atoms with E-state index in [0.717, 1.165) is 24.6 Å². The Hall–Kier alpha value is -1.91. The second-order valence-corrected chi connectivity index (χ2v) is 6.09. The van der Waals surface area contributed by atoms with Gasteiger partial charge in [-0.1, -0.05) is 19.9 Å². The van der Waals surface area contributed by atoms with E-state index in [9.17, 15) is 0 Å². The van der Waals surface area contributed by atoms with Crippen molar-refractivity contribution >= 4 is 5.96 Å². The van der Waals surface area contributed by atoms with Gasteiger partial charge < -0.3 is 20.1 Å². The van der Waals surface area contributed by atoms with Crippen molar-refractivity contribution < 1.29 is 9.47 Å². The van der Waals surface area contributed by atoms with Gasteiger partial charge in [0.05, 0.1) is 6.54 Å². The molecule has 0 bridgehead atoms. The average Bonchev–Trinajstić information content (AvgIpc) is 2.53. The Morgan fingerprint density at radius 2 is 1.82 bits per heavy atom. The van der Waals surface area contributed by atoms with Crippen LogP contribution in [0, 0.1) is 0 Å². The van der Waals surface area contributed by atoms with Gasteiger partial charge in [-0.25, -0.2) is 0 Å². The van der Waals surface area contributed by atoms with E-state index in [1.165, 1.54) is 5.56 Å². The smallest absolute Gasteiger partial charge is 0.191 e. The summed E-state index contributed by atoms with van der Waals surface area (Å²) in [5.74, 6) is 2.24. The minimum atomic E-state index is -0.117. The molecule has 1 aromatic carbocycles. The van der Waals surface area contributed by atoms with Crippen LogP contribution in [0.5, 0.6) is 11.5 Å². The van der Waals surface area contributed by atoms with Crippen molar-refractivity contribution in [3.05, 3.63) is 23.8 Å². The zero-order chi connectivity index (χ0) is 16.2. The van der Waals surface area contributed by atoms with Crippen LogP contribution in [0.25, 0.3) is 0 Å². The van der Waals surface area contributed by atoms with E-state index in [0.29, 0.717) is 25.7 Å². The van der Waals surface area contributed by atoms with Crippen molar-refractivity contribution in [2.24, 2.45) is 10.7 Å². The van der Waals surface area contributed by atoms with Gasteiger partial charge >= 0.3 is 0 Å². The number of rotatable bonds is 5. The fourth-order valence-corrected chi connectivity index (χ4v) is 2.48. The van der Waals surface area contributed by atoms with Gasteiger partial charge in [0.2, 0.25) is 0 Å². The zero-order valence-electron chi connectivity index (χ0n) is 14.1. The zero-order valence-corrected chi connectivity index (χ0v) is 14.1. The van der Waals surface area contributed by atoms with E-state index < -0.39 is 0 Å². The first kappa shape index (κ1) is 16.5. The first-order valence-electron chi connectivity index (χ1n) is 7.93. The first-order chi connectivity index (χ1) is 10.5. The molecule has 0 aliphatic carbocycles. The highest BCUT2D eigenvalue weighted by Gasteiger charge is 2.23. The van der Waals surface area contributed by atoms with E-state index in [-0.39, 0.29) is 5.41 Å². The van der Waals surface area contributed by atoms with E-state index in [1.54, 1.807) is 0 Å². The molecular formula is C17H27N3O2. The van der Waals surface area contributed by atoms with Gasteiger partial charge in [-0.3, -0.25) is 4.99 Å². The summed E-state index contributed by atoms with van der Waals surface area (Å²) in [5, 5.41) is 0. The Morgan fingerprint density at radius 3 is 2.45 bits per heavy atom. The quantitative estimate of drug-likeness (QED) is 0.670. The number of nitrogens with zero attached hydrogens (tertiary/aromatic N) is 2. The Bertz CT molecular complexity index is 537. The van der Waals surface area contributed by atoms with Crippen LogP contribution in [0.1, 0.15) is 33.3 Å². The molecule has 0 fully saturated rings. The standard InChI is InChI=1S/C17H27N3O2/c1-5-20(6-2)16(18)19-12-17(3,4)13-7-8-14-15(11-13)22-10-9-21-14/h7-8,11H,5-6,9-10,12H2,1-4H3,(H2,18,19). The average molecular weight is 305 g/mol. The largest absolute Gasteiger partial charge is 0.486 e. The van der Waals surface area contributed by atoms with Crippen molar-refractivity contribution in [2.45, 2.75) is 33.1 Å². The number of ether oxygens (including phenoxy) is 2. The number of nitrogens with two attached hydrogens (primary N) is 1. The summed E-state index contributed by atoms with van der Waals surface area (Å²) in [5.41, 5.74) is 7.12. The van der Waals surface area contributed by atoms with Gasteiger partial charge in [-0.15, -0.1) is 0 Å². The summed E-state index contributed by atoms with van der Waals surface area (Å²) in [7, 11) is 0. The van der Waals surface area contributed by atoms with Crippen molar-refractivity contribution in [1.29, 1.82) is 0 Å². The van der Waals surface area contributed by atoms with Gasteiger partial charge in [0, 0.05) is 18.5 Å². The van der Waals surface area contributed by atoms with Gasteiger partial charge in [-0.2, -0.15) is 0 Å². The Balaban J connectivity index is 2.14. The summed E-state index contributed by atoms with van der Waals surface area (Å²) < 4.78 is 11.2. The van der Waals surface area contributed by atoms with Crippen molar-refractivity contribution in [3.8, 4) is 11.5 Å². The van der Waals surface area contributed by atoms with E-state index in [1.807, 2.05) is 6.07 Å². The lowest BCUT2D eigenvalue weighted by atomic mass is 9.84. The molecule has 5 nitrogen and oxygen atoms in total. The molecule has 0 saturated carbocycles. The molecule has 0 unspecified atom stereocenters. The third-order valence-corrected chi connectivity index (χ3v) is 4.05. The summed E-state index contributed by atoms with van der Waals surface area (Å²) >= 11 is 0. The summed E-state index contributed by atoms with van der Waals surface area (Å²) in [6.45, 7) is 12.1. The number of benzene rings is 1. The second-order valence-electron chi connectivity index (χ2n) is 6.09. The fourth-order valence-electron chi connectivity index (χ4n) is 2.48. The lowest BCUT2D eigenvalue weighted by Crippen LogP contribution is -2.38. The molecule has 0 spiro atoms. The Kier molecular flexibility index (Phi) is 5.16. The van der Waals surface area contributed by atoms with Crippen molar-refractivity contribution in [2.75, 3.05) is 32.8 Å². The normalized spacial score (nSPS) is 14.8. The number of hydrogen-bond donors (Lipinski definition) is 1. The summed E-state index contributed by atoms with van der Waals surface area (Å²) in [6.07, 6.45) is 0. The van der Waals surface area contributed by atoms with Crippen molar-refractivity contribution in [1.82, 2.24) is 4.90 Å². The van der Waals surface area contributed by atoms with E-state index >= 15 is 0 Å². The maximum atomic E-state index is 6.07. The predicted octanol–water partition coefficient (Wildman–Crippen LogP) is 2.39. The highest BCUT2D eigenvalue weighted by molar-refractivity contribution is 5.78. The third kappa shape index (κ3) is 3.64. The fraction of sp³-hybridized carbons (Fsp3) is 0.588. The molecular weight excluding hydrogens is 278 g/mol. The Morgan fingerprint density at radius 1 is 1.18 bits per heavy atom. The molecule has 0 radical (unpaired) electrons. The maximum absolute atomic E-state index is 6.07. The molecule has 0 saturated heterocycles. The van der Waals surface area contributed by atoms with E-state index in [2.05, 4.69) is 49.7 Å². The van der Waals surface area contributed by atoms with Crippen LogP contribution in [0.2, 0.25) is 0 Å². The molecule has 2 rings (SSSR count). The van der Waals surface area contributed by atoms with Gasteiger partial charge in [0.25, 0.3) is 0 Å². The Labute approximate surface area is 133 Å². The first-order valence-corrected chi connectivity index (χ1v) is 7.93. The van der Waals surface area contributed by atoms with Crippen LogP contribution in [0.3, 0.4) is 0 Å². The molecule has 0 atom stereocenters. The van der Waals surface area contributed by atoms with Crippen LogP contribution < -0.4 is 15.2 Å². The molecule has 2 N–H and O–H groups in total.